The lowest BCUT2D eigenvalue weighted by Gasteiger charge is -2.20. The summed E-state index contributed by atoms with van der Waals surface area (Å²) < 4.78 is 0. The standard InChI is InChI=1S/C18H37NO3.C16H33NO3/c1-2-3-4-5-6-7-8-9-10-11-12-13-18(22)19(14-16-20)15-17-21;1-2-3-4-5-6-7-8-9-10-11-16(20)17(12-14-18)13-15-19/h20-21H,2-17H2,1H3;18-19H,2-15H2,1H3. The lowest BCUT2D eigenvalue weighted by Crippen LogP contribution is -2.35. The van der Waals surface area contributed by atoms with E-state index in [1.807, 2.05) is 0 Å². The third kappa shape index (κ3) is 30.2. The highest BCUT2D eigenvalue weighted by Crippen LogP contribution is 2.13. The second-order valence-corrected chi connectivity index (χ2v) is 11.5. The molecule has 0 fully saturated rings. The molecule has 0 unspecified atom stereocenters. The molecule has 2 amide bonds. The first-order valence-electron chi connectivity index (χ1n) is 17.5. The van der Waals surface area contributed by atoms with Crippen molar-refractivity contribution in [2.75, 3.05) is 52.6 Å². The number of hydrogen-bond acceptors (Lipinski definition) is 6. The van der Waals surface area contributed by atoms with Crippen molar-refractivity contribution >= 4 is 11.8 Å². The van der Waals surface area contributed by atoms with Crippen LogP contribution in [0.2, 0.25) is 0 Å². The molecule has 0 aromatic carbocycles. The minimum Gasteiger partial charge on any atom is -0.395 e. The molecule has 0 saturated heterocycles. The Balaban J connectivity index is 0. The highest BCUT2D eigenvalue weighted by atomic mass is 16.3. The van der Waals surface area contributed by atoms with Crippen LogP contribution in [0.4, 0.5) is 0 Å². The topological polar surface area (TPSA) is 122 Å². The number of hydrogen-bond donors (Lipinski definition) is 4. The average molecular weight is 603 g/mol. The summed E-state index contributed by atoms with van der Waals surface area (Å²) in [7, 11) is 0. The molecule has 0 saturated carbocycles. The van der Waals surface area contributed by atoms with Crippen LogP contribution in [0.15, 0.2) is 0 Å². The van der Waals surface area contributed by atoms with Crippen LogP contribution in [-0.2, 0) is 9.59 Å². The van der Waals surface area contributed by atoms with Crippen LogP contribution in [0.5, 0.6) is 0 Å². The fourth-order valence-electron chi connectivity index (χ4n) is 5.05. The van der Waals surface area contributed by atoms with Crippen LogP contribution in [0.3, 0.4) is 0 Å². The zero-order valence-electron chi connectivity index (χ0n) is 27.7. The zero-order chi connectivity index (χ0) is 31.5. The predicted molar refractivity (Wildman–Crippen MR) is 174 cm³/mol. The van der Waals surface area contributed by atoms with Crippen LogP contribution < -0.4 is 0 Å². The number of rotatable bonds is 30. The number of carbonyl (C=O) groups is 2. The molecule has 0 bridgehead atoms. The number of aliphatic hydroxyl groups is 4. The van der Waals surface area contributed by atoms with Crippen LogP contribution >= 0.6 is 0 Å². The van der Waals surface area contributed by atoms with Gasteiger partial charge in [-0.25, -0.2) is 0 Å². The second-order valence-electron chi connectivity index (χ2n) is 11.5. The van der Waals surface area contributed by atoms with Crippen molar-refractivity contribution in [1.29, 1.82) is 0 Å². The zero-order valence-corrected chi connectivity index (χ0v) is 27.7. The first kappa shape index (κ1) is 42.9. The third-order valence-electron chi connectivity index (χ3n) is 7.67. The van der Waals surface area contributed by atoms with Crippen molar-refractivity contribution in [3.63, 3.8) is 0 Å². The van der Waals surface area contributed by atoms with E-state index in [1.54, 1.807) is 9.80 Å². The van der Waals surface area contributed by atoms with Crippen molar-refractivity contribution in [2.24, 2.45) is 0 Å². The molecule has 0 aliphatic heterocycles. The maximum Gasteiger partial charge on any atom is 0.222 e. The van der Waals surface area contributed by atoms with Crippen LogP contribution in [-0.4, -0.2) is 94.6 Å². The third-order valence-corrected chi connectivity index (χ3v) is 7.67. The normalized spacial score (nSPS) is 10.8. The Kier molecular flexibility index (Phi) is 36.8. The summed E-state index contributed by atoms with van der Waals surface area (Å²) >= 11 is 0. The summed E-state index contributed by atoms with van der Waals surface area (Å²) in [4.78, 5) is 26.8. The van der Waals surface area contributed by atoms with Crippen LogP contribution in [0.1, 0.15) is 155 Å². The summed E-state index contributed by atoms with van der Waals surface area (Å²) in [5.41, 5.74) is 0. The largest absolute Gasteiger partial charge is 0.395 e. The lowest BCUT2D eigenvalue weighted by atomic mass is 10.1. The molecule has 0 rings (SSSR count). The lowest BCUT2D eigenvalue weighted by molar-refractivity contribution is -0.133. The van der Waals surface area contributed by atoms with Crippen molar-refractivity contribution in [3.8, 4) is 0 Å². The average Bonchev–Trinajstić information content (AvgIpc) is 2.99. The summed E-state index contributed by atoms with van der Waals surface area (Å²) in [6, 6.07) is 0. The van der Waals surface area contributed by atoms with Gasteiger partial charge in [0.1, 0.15) is 0 Å². The first-order valence-corrected chi connectivity index (χ1v) is 17.5. The minimum atomic E-state index is -0.0382. The van der Waals surface area contributed by atoms with Gasteiger partial charge in [-0.1, -0.05) is 129 Å². The van der Waals surface area contributed by atoms with Gasteiger partial charge in [0.05, 0.1) is 26.4 Å². The maximum absolute atomic E-state index is 11.9. The van der Waals surface area contributed by atoms with Gasteiger partial charge < -0.3 is 30.2 Å². The molecule has 0 atom stereocenters. The fraction of sp³-hybridized carbons (Fsp3) is 0.941. The molecule has 0 spiro atoms. The molecule has 8 nitrogen and oxygen atoms in total. The summed E-state index contributed by atoms with van der Waals surface area (Å²) in [5, 5.41) is 35.5. The Bertz CT molecular complexity index is 552. The van der Waals surface area contributed by atoms with Gasteiger partial charge in [0, 0.05) is 39.0 Å². The number of amides is 2. The summed E-state index contributed by atoms with van der Waals surface area (Å²) in [6.45, 7) is 5.65. The van der Waals surface area contributed by atoms with Gasteiger partial charge in [0.2, 0.25) is 11.8 Å². The second kappa shape index (κ2) is 36.0. The Morgan fingerprint density at radius 1 is 0.381 bits per heavy atom. The molecule has 8 heteroatoms. The number of unbranched alkanes of at least 4 members (excludes halogenated alkanes) is 18. The molecule has 0 aliphatic carbocycles. The molecule has 0 aliphatic rings. The molecule has 252 valence electrons. The van der Waals surface area contributed by atoms with E-state index in [9.17, 15) is 9.59 Å². The van der Waals surface area contributed by atoms with Crippen LogP contribution in [0, 0.1) is 0 Å². The van der Waals surface area contributed by atoms with Gasteiger partial charge in [0.25, 0.3) is 0 Å². The van der Waals surface area contributed by atoms with Gasteiger partial charge in [-0.15, -0.1) is 0 Å². The smallest absolute Gasteiger partial charge is 0.222 e. The SMILES string of the molecule is CCCCCCCCCCCC(=O)N(CCO)CCO.CCCCCCCCCCCCCC(=O)N(CCO)CCO. The molecule has 0 aromatic heterocycles. The Labute approximate surface area is 259 Å². The van der Waals surface area contributed by atoms with Crippen molar-refractivity contribution in [1.82, 2.24) is 9.80 Å². The number of carbonyl (C=O) groups excluding carboxylic acids is 2. The number of aliphatic hydroxyl groups excluding tert-OH is 4. The van der Waals surface area contributed by atoms with Gasteiger partial charge in [-0.3, -0.25) is 9.59 Å². The van der Waals surface area contributed by atoms with Crippen molar-refractivity contribution in [3.05, 3.63) is 0 Å². The fourth-order valence-corrected chi connectivity index (χ4v) is 5.05. The molecule has 0 radical (unpaired) electrons. The monoisotopic (exact) mass is 603 g/mol. The van der Waals surface area contributed by atoms with Gasteiger partial charge >= 0.3 is 0 Å². The highest BCUT2D eigenvalue weighted by molar-refractivity contribution is 5.76. The molecular formula is C34H70N2O6. The van der Waals surface area contributed by atoms with E-state index >= 15 is 0 Å². The Hall–Kier alpha value is -1.22. The molecular weight excluding hydrogens is 532 g/mol. The van der Waals surface area contributed by atoms with E-state index in [2.05, 4.69) is 13.8 Å². The van der Waals surface area contributed by atoms with E-state index in [0.29, 0.717) is 39.0 Å². The summed E-state index contributed by atoms with van der Waals surface area (Å²) in [6.07, 6.45) is 26.2. The molecule has 4 N–H and O–H groups in total. The van der Waals surface area contributed by atoms with Gasteiger partial charge in [-0.05, 0) is 12.8 Å². The molecule has 0 heterocycles. The Morgan fingerprint density at radius 2 is 0.595 bits per heavy atom. The molecule has 0 aromatic rings. The van der Waals surface area contributed by atoms with Crippen molar-refractivity contribution in [2.45, 2.75) is 155 Å². The van der Waals surface area contributed by atoms with Crippen LogP contribution in [0.25, 0.3) is 0 Å². The van der Waals surface area contributed by atoms with Crippen molar-refractivity contribution < 1.29 is 30.0 Å². The predicted octanol–water partition coefficient (Wildman–Crippen LogP) is 6.22. The first-order chi connectivity index (χ1) is 20.5. The van der Waals surface area contributed by atoms with E-state index in [1.165, 1.54) is 103 Å². The van der Waals surface area contributed by atoms with Gasteiger partial charge in [-0.2, -0.15) is 0 Å². The number of nitrogens with zero attached hydrogens (tertiary/aromatic N) is 2. The highest BCUT2D eigenvalue weighted by Gasteiger charge is 2.12. The quantitative estimate of drug-likeness (QED) is 0.0724. The van der Waals surface area contributed by atoms with E-state index in [0.717, 1.165) is 25.7 Å². The Morgan fingerprint density at radius 3 is 0.810 bits per heavy atom. The molecule has 42 heavy (non-hydrogen) atoms. The van der Waals surface area contributed by atoms with E-state index in [4.69, 9.17) is 20.4 Å². The minimum absolute atomic E-state index is 0.0377. The van der Waals surface area contributed by atoms with Gasteiger partial charge in [0.15, 0.2) is 0 Å². The van der Waals surface area contributed by atoms with E-state index in [-0.39, 0.29) is 38.2 Å². The maximum atomic E-state index is 11.9. The van der Waals surface area contributed by atoms with E-state index < -0.39 is 0 Å². The summed E-state index contributed by atoms with van der Waals surface area (Å²) in [5.74, 6) is 0.107.